The van der Waals surface area contributed by atoms with Gasteiger partial charge in [-0.15, -0.1) is 0 Å². The lowest BCUT2D eigenvalue weighted by Crippen LogP contribution is -2.32. The first-order valence-electron chi connectivity index (χ1n) is 7.00. The maximum absolute atomic E-state index is 12.2. The molecule has 1 saturated carbocycles. The minimum atomic E-state index is -0.0115. The van der Waals surface area contributed by atoms with Crippen molar-refractivity contribution in [1.82, 2.24) is 14.5 Å². The molecule has 0 unspecified atom stereocenters. The molecule has 1 N–H and O–H groups in total. The predicted octanol–water partition coefficient (Wildman–Crippen LogP) is 1.36. The molecule has 1 aromatic heterocycles. The van der Waals surface area contributed by atoms with E-state index in [-0.39, 0.29) is 12.5 Å². The van der Waals surface area contributed by atoms with Crippen LogP contribution in [0.4, 0.5) is 0 Å². The summed E-state index contributed by atoms with van der Waals surface area (Å²) in [5, 5.41) is 8.92. The number of aromatic nitrogens is 2. The van der Waals surface area contributed by atoms with Crippen molar-refractivity contribution in [1.29, 1.82) is 0 Å². The Morgan fingerprint density at radius 1 is 1.45 bits per heavy atom. The van der Waals surface area contributed by atoms with Gasteiger partial charge in [-0.25, -0.2) is 4.98 Å². The van der Waals surface area contributed by atoms with Crippen LogP contribution >= 0.6 is 0 Å². The maximum Gasteiger partial charge on any atom is 0.242 e. The van der Waals surface area contributed by atoms with Crippen molar-refractivity contribution < 1.29 is 9.90 Å². The van der Waals surface area contributed by atoms with Gasteiger partial charge in [0, 0.05) is 19.5 Å². The Hall–Kier alpha value is -1.88. The van der Waals surface area contributed by atoms with Crippen LogP contribution in [0.25, 0.3) is 11.0 Å². The second-order valence-electron chi connectivity index (χ2n) is 5.36. The van der Waals surface area contributed by atoms with Crippen LogP contribution in [0.2, 0.25) is 0 Å². The molecule has 1 fully saturated rings. The fraction of sp³-hybridized carbons (Fsp3) is 0.467. The molecule has 3 rings (SSSR count). The summed E-state index contributed by atoms with van der Waals surface area (Å²) in [6.45, 7) is 0.648. The number of aliphatic hydroxyl groups excluding tert-OH is 1. The second kappa shape index (κ2) is 5.25. The highest BCUT2D eigenvalue weighted by Crippen LogP contribution is 2.40. The van der Waals surface area contributed by atoms with E-state index in [0.717, 1.165) is 29.7 Å². The van der Waals surface area contributed by atoms with Gasteiger partial charge in [-0.1, -0.05) is 12.1 Å². The molecule has 0 spiro atoms. The summed E-state index contributed by atoms with van der Waals surface area (Å²) in [6, 6.07) is 7.93. The quantitative estimate of drug-likeness (QED) is 0.895. The van der Waals surface area contributed by atoms with E-state index >= 15 is 0 Å². The molecular formula is C15H19N3O2. The average molecular weight is 273 g/mol. The number of rotatable bonds is 5. The monoisotopic (exact) mass is 273 g/mol. The number of hydrogen-bond donors (Lipinski definition) is 1. The summed E-state index contributed by atoms with van der Waals surface area (Å²) in [7, 11) is 1.72. The molecule has 1 aromatic carbocycles. The molecule has 5 nitrogen and oxygen atoms in total. The first-order chi connectivity index (χ1) is 9.70. The lowest BCUT2D eigenvalue weighted by atomic mass is 10.3. The van der Waals surface area contributed by atoms with Crippen LogP contribution in [-0.4, -0.2) is 45.7 Å². The molecule has 20 heavy (non-hydrogen) atoms. The third kappa shape index (κ3) is 2.41. The van der Waals surface area contributed by atoms with Crippen molar-refractivity contribution in [2.24, 2.45) is 0 Å². The summed E-state index contributed by atoms with van der Waals surface area (Å²) in [5.74, 6) is 1.53. The highest BCUT2D eigenvalue weighted by Gasteiger charge is 2.30. The number of aliphatic hydroxyl groups is 1. The van der Waals surface area contributed by atoms with E-state index in [2.05, 4.69) is 4.98 Å². The van der Waals surface area contributed by atoms with E-state index in [9.17, 15) is 4.79 Å². The van der Waals surface area contributed by atoms with E-state index in [4.69, 9.17) is 5.11 Å². The van der Waals surface area contributed by atoms with Crippen LogP contribution in [0.1, 0.15) is 24.6 Å². The molecule has 0 aliphatic heterocycles. The van der Waals surface area contributed by atoms with Crippen molar-refractivity contribution in [3.63, 3.8) is 0 Å². The van der Waals surface area contributed by atoms with Gasteiger partial charge in [0.2, 0.25) is 5.91 Å². The zero-order valence-electron chi connectivity index (χ0n) is 11.6. The fourth-order valence-electron chi connectivity index (χ4n) is 2.44. The third-order valence-electron chi connectivity index (χ3n) is 3.78. The number of fused-ring (bicyclic) bond motifs is 1. The normalized spacial score (nSPS) is 14.7. The SMILES string of the molecule is CN(CCO)C(=O)Cn1c(C2CC2)nc2ccccc21. The second-order valence-corrected chi connectivity index (χ2v) is 5.36. The third-order valence-corrected chi connectivity index (χ3v) is 3.78. The van der Waals surface area contributed by atoms with Gasteiger partial charge < -0.3 is 14.6 Å². The van der Waals surface area contributed by atoms with E-state index in [1.165, 1.54) is 0 Å². The molecule has 0 bridgehead atoms. The Morgan fingerprint density at radius 2 is 2.20 bits per heavy atom. The molecule has 1 aliphatic rings. The number of para-hydroxylation sites is 2. The average Bonchev–Trinajstić information content (AvgIpc) is 3.23. The molecule has 0 atom stereocenters. The van der Waals surface area contributed by atoms with Gasteiger partial charge in [0.05, 0.1) is 17.6 Å². The van der Waals surface area contributed by atoms with Crippen LogP contribution < -0.4 is 0 Å². The van der Waals surface area contributed by atoms with Crippen molar-refractivity contribution in [2.45, 2.75) is 25.3 Å². The summed E-state index contributed by atoms with van der Waals surface area (Å²) < 4.78 is 2.03. The Labute approximate surface area is 117 Å². The first kappa shape index (κ1) is 13.1. The van der Waals surface area contributed by atoms with E-state index in [1.54, 1.807) is 11.9 Å². The predicted molar refractivity (Wildman–Crippen MR) is 76.4 cm³/mol. The van der Waals surface area contributed by atoms with Crippen molar-refractivity contribution in [2.75, 3.05) is 20.2 Å². The number of carbonyl (C=O) groups excluding carboxylic acids is 1. The number of benzene rings is 1. The first-order valence-corrected chi connectivity index (χ1v) is 7.00. The summed E-state index contributed by atoms with van der Waals surface area (Å²) in [6.07, 6.45) is 2.31. The number of likely N-dealkylation sites (N-methyl/N-ethyl adjacent to an activating group) is 1. The van der Waals surface area contributed by atoms with Crippen LogP contribution in [-0.2, 0) is 11.3 Å². The van der Waals surface area contributed by atoms with Crippen LogP contribution in [0.5, 0.6) is 0 Å². The zero-order chi connectivity index (χ0) is 14.1. The largest absolute Gasteiger partial charge is 0.395 e. The van der Waals surface area contributed by atoms with Gasteiger partial charge in [0.15, 0.2) is 0 Å². The number of imidazole rings is 1. The minimum absolute atomic E-state index is 0.00380. The highest BCUT2D eigenvalue weighted by molar-refractivity contribution is 5.81. The van der Waals surface area contributed by atoms with Gasteiger partial charge in [0.1, 0.15) is 12.4 Å². The number of carbonyl (C=O) groups is 1. The van der Waals surface area contributed by atoms with Crippen LogP contribution in [0.15, 0.2) is 24.3 Å². The molecule has 1 amide bonds. The summed E-state index contributed by atoms with van der Waals surface area (Å²) in [4.78, 5) is 18.4. The number of amides is 1. The number of hydrogen-bond acceptors (Lipinski definition) is 3. The highest BCUT2D eigenvalue weighted by atomic mass is 16.3. The van der Waals surface area contributed by atoms with Gasteiger partial charge in [0.25, 0.3) is 0 Å². The van der Waals surface area contributed by atoms with E-state index < -0.39 is 0 Å². The molecule has 1 aliphatic carbocycles. The topological polar surface area (TPSA) is 58.4 Å². The Kier molecular flexibility index (Phi) is 3.44. The molecule has 2 aromatic rings. The molecule has 106 valence electrons. The molecule has 5 heteroatoms. The van der Waals surface area contributed by atoms with Crippen molar-refractivity contribution >= 4 is 16.9 Å². The van der Waals surface area contributed by atoms with Gasteiger partial charge in [-0.2, -0.15) is 0 Å². The molecule has 1 heterocycles. The molecule has 0 saturated heterocycles. The standard InChI is InChI=1S/C15H19N3O2/c1-17(8-9-19)14(20)10-18-13-5-3-2-4-12(13)16-15(18)11-6-7-11/h2-5,11,19H,6-10H2,1H3. The van der Waals surface area contributed by atoms with Gasteiger partial charge >= 0.3 is 0 Å². The smallest absolute Gasteiger partial charge is 0.242 e. The Bertz CT molecular complexity index is 631. The number of nitrogens with zero attached hydrogens (tertiary/aromatic N) is 3. The van der Waals surface area contributed by atoms with Crippen LogP contribution in [0, 0.1) is 0 Å². The fourth-order valence-corrected chi connectivity index (χ4v) is 2.44. The van der Waals surface area contributed by atoms with E-state index in [0.29, 0.717) is 19.0 Å². The Balaban J connectivity index is 1.93. The lowest BCUT2D eigenvalue weighted by molar-refractivity contribution is -0.130. The summed E-state index contributed by atoms with van der Waals surface area (Å²) >= 11 is 0. The molecule has 0 radical (unpaired) electrons. The summed E-state index contributed by atoms with van der Waals surface area (Å²) in [5.41, 5.74) is 1.96. The van der Waals surface area contributed by atoms with Crippen molar-refractivity contribution in [3.8, 4) is 0 Å². The minimum Gasteiger partial charge on any atom is -0.395 e. The zero-order valence-corrected chi connectivity index (χ0v) is 11.6. The lowest BCUT2D eigenvalue weighted by Gasteiger charge is -2.17. The molecular weight excluding hydrogens is 254 g/mol. The van der Waals surface area contributed by atoms with E-state index in [1.807, 2.05) is 28.8 Å². The van der Waals surface area contributed by atoms with Gasteiger partial charge in [-0.05, 0) is 25.0 Å². The van der Waals surface area contributed by atoms with Gasteiger partial charge in [-0.3, -0.25) is 4.79 Å². The Morgan fingerprint density at radius 3 is 2.90 bits per heavy atom. The maximum atomic E-state index is 12.2. The van der Waals surface area contributed by atoms with Crippen LogP contribution in [0.3, 0.4) is 0 Å². The van der Waals surface area contributed by atoms with Crippen molar-refractivity contribution in [3.05, 3.63) is 30.1 Å².